The summed E-state index contributed by atoms with van der Waals surface area (Å²) in [5, 5.41) is 24.8. The summed E-state index contributed by atoms with van der Waals surface area (Å²) in [6, 6.07) is 12.6. The molecule has 1 aliphatic rings. The van der Waals surface area contributed by atoms with Crippen LogP contribution in [0.25, 0.3) is 0 Å². The molecule has 0 amide bonds. The molecule has 8 nitrogen and oxygen atoms in total. The van der Waals surface area contributed by atoms with Gasteiger partial charge in [-0.15, -0.1) is 0 Å². The Morgan fingerprint density at radius 3 is 2.11 bits per heavy atom. The number of benzene rings is 3. The van der Waals surface area contributed by atoms with E-state index in [9.17, 15) is 38.1 Å². The van der Waals surface area contributed by atoms with E-state index in [0.717, 1.165) is 37.5 Å². The summed E-state index contributed by atoms with van der Waals surface area (Å²) in [4.78, 5) is 36.7. The van der Waals surface area contributed by atoms with Gasteiger partial charge in [-0.1, -0.05) is 78.5 Å². The molecule has 2 N–H and O–H groups in total. The molecule has 3 aromatic rings. The lowest BCUT2D eigenvalue weighted by Gasteiger charge is -2.34. The van der Waals surface area contributed by atoms with Crippen molar-refractivity contribution < 1.29 is 41.8 Å². The van der Waals surface area contributed by atoms with Crippen LogP contribution >= 0.6 is 0 Å². The molecule has 0 bridgehead atoms. The van der Waals surface area contributed by atoms with E-state index in [1.54, 1.807) is 36.1 Å². The first-order valence-electron chi connectivity index (χ1n) is 21.2. The molecule has 61 heavy (non-hydrogen) atoms. The summed E-state index contributed by atoms with van der Waals surface area (Å²) in [5.41, 5.74) is 0.752. The molecule has 1 heterocycles. The number of nitro benzene ring substituents is 1. The van der Waals surface area contributed by atoms with Gasteiger partial charge in [0.2, 0.25) is 5.82 Å². The summed E-state index contributed by atoms with van der Waals surface area (Å²) in [7, 11) is 0. The van der Waals surface area contributed by atoms with Gasteiger partial charge < -0.3 is 19.8 Å². The predicted molar refractivity (Wildman–Crippen MR) is 229 cm³/mol. The number of rotatable bonds is 22. The Morgan fingerprint density at radius 1 is 0.934 bits per heavy atom. The lowest BCUT2D eigenvalue weighted by Crippen LogP contribution is -2.78. The van der Waals surface area contributed by atoms with E-state index in [1.807, 2.05) is 64.2 Å². The van der Waals surface area contributed by atoms with Crippen LogP contribution in [0.1, 0.15) is 122 Å². The van der Waals surface area contributed by atoms with E-state index >= 15 is 8.78 Å². The van der Waals surface area contributed by atoms with Crippen LogP contribution in [0.2, 0.25) is 0 Å². The highest BCUT2D eigenvalue weighted by Gasteiger charge is 2.45. The highest BCUT2D eigenvalue weighted by atomic mass is 19.2. The van der Waals surface area contributed by atoms with Gasteiger partial charge in [0.25, 0.3) is 5.69 Å². The van der Waals surface area contributed by atoms with E-state index < -0.39 is 51.9 Å². The lowest BCUT2D eigenvalue weighted by molar-refractivity contribution is -0.571. The second-order valence-electron chi connectivity index (χ2n) is 15.2. The van der Waals surface area contributed by atoms with Crippen LogP contribution in [0.4, 0.5) is 39.0 Å². The number of nitrogens with two attached hydrogens (primary N) is 1. The van der Waals surface area contributed by atoms with E-state index in [-0.39, 0.29) is 35.6 Å². The molecule has 0 saturated carbocycles. The number of quaternary nitrogens is 1. The van der Waals surface area contributed by atoms with Crippen molar-refractivity contribution in [3.05, 3.63) is 133 Å². The Labute approximate surface area is 356 Å². The number of anilines is 1. The molecule has 1 atom stereocenters. The second-order valence-corrected chi connectivity index (χ2v) is 15.2. The van der Waals surface area contributed by atoms with Gasteiger partial charge in [0.05, 0.1) is 35.1 Å². The van der Waals surface area contributed by atoms with Crippen LogP contribution in [-0.4, -0.2) is 30.6 Å². The fourth-order valence-electron chi connectivity index (χ4n) is 8.27. The van der Waals surface area contributed by atoms with Gasteiger partial charge in [-0.3, -0.25) is 10.1 Å². The minimum Gasteiger partial charge on any atom is -0.344 e. The third kappa shape index (κ3) is 11.3. The largest absolute Gasteiger partial charge is 0.344 e. The monoisotopic (exact) mass is 849 g/mol. The molecule has 0 aromatic heterocycles. The SMILES string of the molecule is CC.CCCCC(C/C=C/C(C#N)=C/C=C1/N(CCC=O)c2ccc(CC)cc2C1(C)Cc1c(F)c(F)c(F)c(F)c1F)(CCCC)c1c([NH2+]CCC=O)cccc1[N+](=O)[O-]. The normalized spacial score (nSPS) is 15.7. The first kappa shape index (κ1) is 49.9. The van der Waals surface area contributed by atoms with Crippen molar-refractivity contribution in [1.82, 2.24) is 0 Å². The molecule has 0 radical (unpaired) electrons. The summed E-state index contributed by atoms with van der Waals surface area (Å²) in [6.07, 6.45) is 13.1. The number of hydrogen-bond acceptors (Lipinski definition) is 6. The average Bonchev–Trinajstić information content (AvgIpc) is 3.50. The van der Waals surface area contributed by atoms with Crippen molar-refractivity contribution in [2.45, 2.75) is 123 Å². The number of carbonyl (C=O) groups excluding carboxylic acids is 2. The van der Waals surface area contributed by atoms with Crippen molar-refractivity contribution in [1.29, 1.82) is 5.26 Å². The molecule has 3 aromatic carbocycles. The molecule has 0 spiro atoms. The number of fused-ring (bicyclic) bond motifs is 1. The fraction of sp³-hybridized carbons (Fsp3) is 0.438. The maximum Gasteiger partial charge on any atom is 0.279 e. The number of carbonyl (C=O) groups is 2. The summed E-state index contributed by atoms with van der Waals surface area (Å²) in [6.45, 7) is 12.2. The fourth-order valence-corrected chi connectivity index (χ4v) is 8.27. The minimum absolute atomic E-state index is 0.0123. The van der Waals surface area contributed by atoms with Crippen molar-refractivity contribution in [3.8, 4) is 6.07 Å². The van der Waals surface area contributed by atoms with E-state index in [1.165, 1.54) is 12.1 Å². The Hall–Kier alpha value is -5.48. The molecule has 13 heteroatoms. The van der Waals surface area contributed by atoms with E-state index in [4.69, 9.17) is 0 Å². The van der Waals surface area contributed by atoms with Gasteiger partial charge in [0.15, 0.2) is 23.3 Å². The van der Waals surface area contributed by atoms with Crippen LogP contribution in [0.15, 0.2) is 72.0 Å². The molecule has 0 aliphatic carbocycles. The molecular formula is C48H58F5N4O4+. The number of unbranched alkanes of at least 4 members (excludes halogenated alkanes) is 2. The van der Waals surface area contributed by atoms with Crippen LogP contribution < -0.4 is 10.2 Å². The lowest BCUT2D eigenvalue weighted by atomic mass is 9.69. The Morgan fingerprint density at radius 2 is 1.56 bits per heavy atom. The summed E-state index contributed by atoms with van der Waals surface area (Å²) >= 11 is 0. The summed E-state index contributed by atoms with van der Waals surface area (Å²) in [5.74, 6) is -10.2. The standard InChI is InChI=1S/C46H51F5N4O4.C2H6/c1-5-8-21-46(22-9-6-2,39-35(53-24-12-26-56)15-10-16-37(39)55(58)59)23-11-14-32(30-52)18-20-38-45(4,29-33-40(47)42(49)44(51)43(50)41(33)48)34-28-31(7-3)17-19-36(34)54(38)25-13-27-57;1-2/h10-11,14-20,26-28,53H,5-9,12-13,21-25,29H2,1-4H3;1-2H3/p+1/b14-11+,32-18-,38-20+;. The average molecular weight is 850 g/mol. The van der Waals surface area contributed by atoms with Crippen LogP contribution in [0, 0.1) is 50.5 Å². The number of hydrogen-bond donors (Lipinski definition) is 1. The van der Waals surface area contributed by atoms with E-state index in [2.05, 4.69) is 6.07 Å². The van der Waals surface area contributed by atoms with Gasteiger partial charge >= 0.3 is 0 Å². The maximum atomic E-state index is 15.3. The molecular weight excluding hydrogens is 792 g/mol. The number of aryl methyl sites for hydroxylation is 1. The van der Waals surface area contributed by atoms with Crippen LogP contribution in [0.5, 0.6) is 0 Å². The quantitative estimate of drug-likeness (QED) is 0.0103. The van der Waals surface area contributed by atoms with Gasteiger partial charge in [0, 0.05) is 46.8 Å². The third-order valence-corrected chi connectivity index (χ3v) is 11.3. The zero-order valence-electron chi connectivity index (χ0n) is 36.1. The molecule has 0 fully saturated rings. The molecule has 328 valence electrons. The first-order valence-corrected chi connectivity index (χ1v) is 21.2. The first-order chi connectivity index (χ1) is 29.3. The number of nitriles is 1. The number of aldehydes is 2. The molecule has 1 aliphatic heterocycles. The highest BCUT2D eigenvalue weighted by molar-refractivity contribution is 5.73. The number of nitrogens with zero attached hydrogens (tertiary/aromatic N) is 3. The zero-order valence-corrected chi connectivity index (χ0v) is 36.1. The molecule has 0 saturated heterocycles. The van der Waals surface area contributed by atoms with Crippen molar-refractivity contribution >= 4 is 29.6 Å². The smallest absolute Gasteiger partial charge is 0.279 e. The molecule has 4 rings (SSSR count). The van der Waals surface area contributed by atoms with Crippen molar-refractivity contribution in [2.75, 3.05) is 18.0 Å². The number of halogens is 5. The van der Waals surface area contributed by atoms with Crippen LogP contribution in [0.3, 0.4) is 0 Å². The van der Waals surface area contributed by atoms with Crippen LogP contribution in [-0.2, 0) is 33.3 Å². The topological polar surface area (TPSA) is 121 Å². The van der Waals surface area contributed by atoms with E-state index in [0.29, 0.717) is 66.7 Å². The maximum absolute atomic E-state index is 15.3. The van der Waals surface area contributed by atoms with Gasteiger partial charge in [-0.25, -0.2) is 22.0 Å². The summed E-state index contributed by atoms with van der Waals surface area (Å²) < 4.78 is 73.8. The van der Waals surface area contributed by atoms with Gasteiger partial charge in [0.1, 0.15) is 18.3 Å². The van der Waals surface area contributed by atoms with Gasteiger partial charge in [-0.2, -0.15) is 5.26 Å². The minimum atomic E-state index is -2.26. The highest BCUT2D eigenvalue weighted by Crippen LogP contribution is 2.51. The second kappa shape index (κ2) is 23.5. The number of allylic oxidation sites excluding steroid dienone is 6. The van der Waals surface area contributed by atoms with Crippen molar-refractivity contribution in [2.24, 2.45) is 0 Å². The Balaban J connectivity index is 0.00000489. The van der Waals surface area contributed by atoms with Crippen molar-refractivity contribution in [3.63, 3.8) is 0 Å². The zero-order chi connectivity index (χ0) is 45.3. The number of nitro groups is 1. The Kier molecular flexibility index (Phi) is 19.2. The van der Waals surface area contributed by atoms with Gasteiger partial charge in [-0.05, 0) is 86.6 Å². The third-order valence-electron chi connectivity index (χ3n) is 11.3. The predicted octanol–water partition coefficient (Wildman–Crippen LogP) is 11.2. The molecule has 1 unspecified atom stereocenters. The Bertz CT molecular complexity index is 2120.